The van der Waals surface area contributed by atoms with E-state index in [1.807, 2.05) is 32.0 Å². The van der Waals surface area contributed by atoms with E-state index in [4.69, 9.17) is 9.84 Å². The fourth-order valence-electron chi connectivity index (χ4n) is 2.68. The maximum Gasteiger partial charge on any atom is 0.306 e. The fourth-order valence-corrected chi connectivity index (χ4v) is 2.68. The standard InChI is InChI=1S/C17H23NO4/c1-11-4-5-12(2)15(10-11)22-13(3)16(19)18-8-6-14(7-9-18)17(20)21/h4-5,10,13-14H,6-9H2,1-3H3,(H,20,21). The van der Waals surface area contributed by atoms with Crippen LogP contribution in [0.5, 0.6) is 5.75 Å². The average molecular weight is 305 g/mol. The van der Waals surface area contributed by atoms with Crippen LogP contribution < -0.4 is 4.74 Å². The number of benzene rings is 1. The molecular formula is C17H23NO4. The van der Waals surface area contributed by atoms with E-state index < -0.39 is 12.1 Å². The zero-order valence-corrected chi connectivity index (χ0v) is 13.3. The van der Waals surface area contributed by atoms with Gasteiger partial charge < -0.3 is 14.7 Å². The van der Waals surface area contributed by atoms with Crippen molar-refractivity contribution in [3.8, 4) is 5.75 Å². The first-order chi connectivity index (χ1) is 10.4. The topological polar surface area (TPSA) is 66.8 Å². The number of amides is 1. The molecule has 0 radical (unpaired) electrons. The molecule has 1 atom stereocenters. The minimum absolute atomic E-state index is 0.0789. The number of rotatable bonds is 4. The van der Waals surface area contributed by atoms with Gasteiger partial charge in [-0.3, -0.25) is 9.59 Å². The van der Waals surface area contributed by atoms with Gasteiger partial charge in [0.05, 0.1) is 5.92 Å². The summed E-state index contributed by atoms with van der Waals surface area (Å²) in [6, 6.07) is 5.90. The summed E-state index contributed by atoms with van der Waals surface area (Å²) in [5, 5.41) is 9.00. The minimum Gasteiger partial charge on any atom is -0.481 e. The Morgan fingerprint density at radius 3 is 2.50 bits per heavy atom. The van der Waals surface area contributed by atoms with E-state index in [2.05, 4.69) is 0 Å². The van der Waals surface area contributed by atoms with Crippen molar-refractivity contribution in [3.63, 3.8) is 0 Å². The van der Waals surface area contributed by atoms with Gasteiger partial charge in [0.15, 0.2) is 6.10 Å². The van der Waals surface area contributed by atoms with Crippen molar-refractivity contribution in [2.24, 2.45) is 5.92 Å². The van der Waals surface area contributed by atoms with Gasteiger partial charge in [-0.05, 0) is 50.8 Å². The summed E-state index contributed by atoms with van der Waals surface area (Å²) >= 11 is 0. The molecule has 0 aliphatic carbocycles. The molecule has 1 fully saturated rings. The Labute approximate surface area is 130 Å². The molecule has 1 aromatic carbocycles. The minimum atomic E-state index is -0.771. The predicted molar refractivity (Wildman–Crippen MR) is 82.9 cm³/mol. The second kappa shape index (κ2) is 6.81. The molecule has 1 aromatic rings. The fraction of sp³-hybridized carbons (Fsp3) is 0.529. The van der Waals surface area contributed by atoms with Crippen LogP contribution in [-0.4, -0.2) is 41.1 Å². The van der Waals surface area contributed by atoms with Crippen molar-refractivity contribution in [1.29, 1.82) is 0 Å². The van der Waals surface area contributed by atoms with Gasteiger partial charge in [0.1, 0.15) is 5.75 Å². The maximum absolute atomic E-state index is 12.4. The number of carboxylic acids is 1. The Kier molecular flexibility index (Phi) is 5.06. The highest BCUT2D eigenvalue weighted by molar-refractivity contribution is 5.81. The van der Waals surface area contributed by atoms with E-state index in [0.717, 1.165) is 16.9 Å². The van der Waals surface area contributed by atoms with Crippen molar-refractivity contribution in [2.45, 2.75) is 39.7 Å². The van der Waals surface area contributed by atoms with Crippen molar-refractivity contribution in [2.75, 3.05) is 13.1 Å². The highest BCUT2D eigenvalue weighted by Gasteiger charge is 2.29. The number of carbonyl (C=O) groups is 2. The van der Waals surface area contributed by atoms with E-state index in [9.17, 15) is 9.59 Å². The number of carbonyl (C=O) groups excluding carboxylic acids is 1. The largest absolute Gasteiger partial charge is 0.481 e. The average Bonchev–Trinajstić information content (AvgIpc) is 2.50. The number of aryl methyl sites for hydroxylation is 2. The lowest BCUT2D eigenvalue weighted by molar-refractivity contribution is -0.147. The van der Waals surface area contributed by atoms with Crippen LogP contribution in [0.1, 0.15) is 30.9 Å². The zero-order chi connectivity index (χ0) is 16.3. The SMILES string of the molecule is Cc1ccc(C)c(OC(C)C(=O)N2CCC(C(=O)O)CC2)c1. The molecule has 1 aliphatic rings. The number of aliphatic carboxylic acids is 1. The molecule has 22 heavy (non-hydrogen) atoms. The Morgan fingerprint density at radius 1 is 1.27 bits per heavy atom. The van der Waals surface area contributed by atoms with Crippen LogP contribution in [-0.2, 0) is 9.59 Å². The molecule has 0 bridgehead atoms. The second-order valence-electron chi connectivity index (χ2n) is 5.97. The Balaban J connectivity index is 1.95. The molecule has 1 unspecified atom stereocenters. The third kappa shape index (κ3) is 3.78. The van der Waals surface area contributed by atoms with Gasteiger partial charge in [-0.25, -0.2) is 0 Å². The van der Waals surface area contributed by atoms with Crippen LogP contribution in [0, 0.1) is 19.8 Å². The van der Waals surface area contributed by atoms with Gasteiger partial charge in [-0.2, -0.15) is 0 Å². The number of likely N-dealkylation sites (tertiary alicyclic amines) is 1. The number of hydrogen-bond acceptors (Lipinski definition) is 3. The van der Waals surface area contributed by atoms with Gasteiger partial charge in [0, 0.05) is 13.1 Å². The van der Waals surface area contributed by atoms with Gasteiger partial charge >= 0.3 is 5.97 Å². The van der Waals surface area contributed by atoms with Crippen molar-refractivity contribution in [3.05, 3.63) is 29.3 Å². The third-order valence-corrected chi connectivity index (χ3v) is 4.15. The normalized spacial score (nSPS) is 17.1. The molecular weight excluding hydrogens is 282 g/mol. The number of nitrogens with zero attached hydrogens (tertiary/aromatic N) is 1. The summed E-state index contributed by atoms with van der Waals surface area (Å²) in [5.74, 6) is -0.461. The summed E-state index contributed by atoms with van der Waals surface area (Å²) in [4.78, 5) is 25.1. The molecule has 1 saturated heterocycles. The number of piperidine rings is 1. The summed E-state index contributed by atoms with van der Waals surface area (Å²) in [5.41, 5.74) is 2.08. The van der Waals surface area contributed by atoms with E-state index in [0.29, 0.717) is 25.9 Å². The monoisotopic (exact) mass is 305 g/mol. The lowest BCUT2D eigenvalue weighted by Crippen LogP contribution is -2.45. The van der Waals surface area contributed by atoms with Crippen molar-refractivity contribution >= 4 is 11.9 Å². The van der Waals surface area contributed by atoms with Gasteiger partial charge in [-0.1, -0.05) is 12.1 Å². The van der Waals surface area contributed by atoms with Crippen molar-refractivity contribution in [1.82, 2.24) is 4.90 Å². The van der Waals surface area contributed by atoms with Crippen molar-refractivity contribution < 1.29 is 19.4 Å². The first kappa shape index (κ1) is 16.3. The summed E-state index contributed by atoms with van der Waals surface area (Å²) in [6.07, 6.45) is 0.455. The summed E-state index contributed by atoms with van der Waals surface area (Å²) in [6.45, 7) is 6.64. The predicted octanol–water partition coefficient (Wildman–Crippen LogP) is 2.39. The van der Waals surface area contributed by atoms with Gasteiger partial charge in [-0.15, -0.1) is 0 Å². The molecule has 0 saturated carbocycles. The first-order valence-corrected chi connectivity index (χ1v) is 7.64. The van der Waals surface area contributed by atoms with Crippen LogP contribution in [0.4, 0.5) is 0 Å². The molecule has 1 N–H and O–H groups in total. The molecule has 120 valence electrons. The molecule has 1 heterocycles. The number of hydrogen-bond donors (Lipinski definition) is 1. The van der Waals surface area contributed by atoms with Gasteiger partial charge in [0.2, 0.25) is 0 Å². The van der Waals surface area contributed by atoms with Gasteiger partial charge in [0.25, 0.3) is 5.91 Å². The molecule has 5 heteroatoms. The highest BCUT2D eigenvalue weighted by Crippen LogP contribution is 2.22. The number of carboxylic acid groups (broad SMARTS) is 1. The Morgan fingerprint density at radius 2 is 1.91 bits per heavy atom. The lowest BCUT2D eigenvalue weighted by Gasteiger charge is -2.32. The van der Waals surface area contributed by atoms with E-state index in [1.54, 1.807) is 11.8 Å². The lowest BCUT2D eigenvalue weighted by atomic mass is 9.97. The zero-order valence-electron chi connectivity index (χ0n) is 13.3. The quantitative estimate of drug-likeness (QED) is 0.927. The third-order valence-electron chi connectivity index (χ3n) is 4.15. The van der Waals surface area contributed by atoms with E-state index in [1.165, 1.54) is 0 Å². The molecule has 0 spiro atoms. The number of ether oxygens (including phenoxy) is 1. The molecule has 5 nitrogen and oxygen atoms in total. The van der Waals surface area contributed by atoms with E-state index in [-0.39, 0.29) is 11.8 Å². The highest BCUT2D eigenvalue weighted by atomic mass is 16.5. The molecule has 2 rings (SSSR count). The summed E-state index contributed by atoms with van der Waals surface area (Å²) < 4.78 is 5.81. The molecule has 1 aliphatic heterocycles. The summed E-state index contributed by atoms with van der Waals surface area (Å²) in [7, 11) is 0. The Bertz CT molecular complexity index is 562. The molecule has 1 amide bonds. The van der Waals surface area contributed by atoms with Crippen LogP contribution >= 0.6 is 0 Å². The second-order valence-corrected chi connectivity index (χ2v) is 5.97. The first-order valence-electron chi connectivity index (χ1n) is 7.64. The Hall–Kier alpha value is -2.04. The van der Waals surface area contributed by atoms with Crippen LogP contribution in [0.3, 0.4) is 0 Å². The van der Waals surface area contributed by atoms with Crippen LogP contribution in [0.15, 0.2) is 18.2 Å². The van der Waals surface area contributed by atoms with Crippen LogP contribution in [0.2, 0.25) is 0 Å². The maximum atomic E-state index is 12.4. The van der Waals surface area contributed by atoms with E-state index >= 15 is 0 Å². The van der Waals surface area contributed by atoms with Crippen LogP contribution in [0.25, 0.3) is 0 Å². The molecule has 0 aromatic heterocycles. The smallest absolute Gasteiger partial charge is 0.306 e.